The summed E-state index contributed by atoms with van der Waals surface area (Å²) < 4.78 is 0. The van der Waals surface area contributed by atoms with Crippen LogP contribution in [0.15, 0.2) is 24.3 Å². The molecule has 0 aliphatic carbocycles. The van der Waals surface area contributed by atoms with Gasteiger partial charge in [0, 0.05) is 18.6 Å². The third-order valence-electron chi connectivity index (χ3n) is 4.05. The molecule has 1 amide bonds. The molecule has 118 valence electrons. The fraction of sp³-hybridized carbons (Fsp3) is 0.588. The van der Waals surface area contributed by atoms with Crippen molar-refractivity contribution in [1.29, 1.82) is 0 Å². The molecule has 0 saturated carbocycles. The molecule has 0 aliphatic heterocycles. The number of likely N-dealkylation sites (N-methyl/N-ethyl adjacent to an activating group) is 1. The van der Waals surface area contributed by atoms with Gasteiger partial charge in [-0.15, -0.1) is 0 Å². The van der Waals surface area contributed by atoms with Gasteiger partial charge in [0.25, 0.3) is 0 Å². The number of amides is 1. The highest BCUT2D eigenvalue weighted by Gasteiger charge is 2.24. The smallest absolute Gasteiger partial charge is 0.237 e. The van der Waals surface area contributed by atoms with Gasteiger partial charge in [-0.05, 0) is 45.4 Å². The van der Waals surface area contributed by atoms with Crippen LogP contribution in [0.2, 0.25) is 0 Å². The second-order valence-electron chi connectivity index (χ2n) is 6.34. The minimum absolute atomic E-state index is 0.0688. The molecule has 0 saturated heterocycles. The molecule has 1 aromatic rings. The lowest BCUT2D eigenvalue weighted by atomic mass is 10.0. The molecule has 1 atom stereocenters. The molecule has 0 aliphatic rings. The Morgan fingerprint density at radius 3 is 2.57 bits per heavy atom. The van der Waals surface area contributed by atoms with Gasteiger partial charge in [-0.3, -0.25) is 9.69 Å². The lowest BCUT2D eigenvalue weighted by Crippen LogP contribution is -2.50. The fourth-order valence-corrected chi connectivity index (χ4v) is 2.01. The second-order valence-corrected chi connectivity index (χ2v) is 6.34. The Morgan fingerprint density at radius 2 is 2.00 bits per heavy atom. The summed E-state index contributed by atoms with van der Waals surface area (Å²) >= 11 is 0. The Kier molecular flexibility index (Phi) is 6.37. The number of nitrogens with zero attached hydrogens (tertiary/aromatic N) is 1. The molecule has 0 bridgehead atoms. The summed E-state index contributed by atoms with van der Waals surface area (Å²) in [4.78, 5) is 14.4. The van der Waals surface area contributed by atoms with Crippen molar-refractivity contribution in [3.63, 3.8) is 0 Å². The number of hydrogen-bond acceptors (Lipinski definition) is 3. The number of nitrogens with two attached hydrogens (primary N) is 1. The maximum Gasteiger partial charge on any atom is 0.237 e. The summed E-state index contributed by atoms with van der Waals surface area (Å²) in [5, 5.41) is 3.09. The average molecular weight is 291 g/mol. The van der Waals surface area contributed by atoms with Crippen LogP contribution in [-0.2, 0) is 17.9 Å². The summed E-state index contributed by atoms with van der Waals surface area (Å²) in [6, 6.07) is 8.02. The summed E-state index contributed by atoms with van der Waals surface area (Å²) in [5.74, 6) is 0.0688. The predicted molar refractivity (Wildman–Crippen MR) is 87.8 cm³/mol. The summed E-state index contributed by atoms with van der Waals surface area (Å²) in [6.45, 7) is 9.37. The van der Waals surface area contributed by atoms with Crippen molar-refractivity contribution < 1.29 is 4.79 Å². The van der Waals surface area contributed by atoms with Crippen LogP contribution in [0.5, 0.6) is 0 Å². The molecule has 0 spiro atoms. The number of carbonyl (C=O) groups is 1. The van der Waals surface area contributed by atoms with Crippen molar-refractivity contribution in [2.24, 2.45) is 5.73 Å². The van der Waals surface area contributed by atoms with Gasteiger partial charge in [-0.2, -0.15) is 0 Å². The van der Waals surface area contributed by atoms with E-state index in [4.69, 9.17) is 5.73 Å². The van der Waals surface area contributed by atoms with Gasteiger partial charge in [0.2, 0.25) is 5.91 Å². The maximum absolute atomic E-state index is 12.3. The van der Waals surface area contributed by atoms with E-state index in [9.17, 15) is 4.79 Å². The largest absolute Gasteiger partial charge is 0.350 e. The van der Waals surface area contributed by atoms with Crippen molar-refractivity contribution in [1.82, 2.24) is 10.2 Å². The third kappa shape index (κ3) is 5.48. The predicted octanol–water partition coefficient (Wildman–Crippen LogP) is 2.27. The van der Waals surface area contributed by atoms with Crippen LogP contribution in [0.4, 0.5) is 0 Å². The fourth-order valence-electron chi connectivity index (χ4n) is 2.01. The van der Waals surface area contributed by atoms with E-state index in [-0.39, 0.29) is 17.5 Å². The molecule has 21 heavy (non-hydrogen) atoms. The van der Waals surface area contributed by atoms with E-state index < -0.39 is 0 Å². The first kappa shape index (κ1) is 17.7. The third-order valence-corrected chi connectivity index (χ3v) is 4.05. The normalized spacial score (nSPS) is 13.3. The highest BCUT2D eigenvalue weighted by Crippen LogP contribution is 2.11. The van der Waals surface area contributed by atoms with Crippen molar-refractivity contribution >= 4 is 5.91 Å². The van der Waals surface area contributed by atoms with Crippen molar-refractivity contribution in [3.8, 4) is 0 Å². The lowest BCUT2D eigenvalue weighted by Gasteiger charge is -2.30. The van der Waals surface area contributed by atoms with Crippen molar-refractivity contribution in [2.75, 3.05) is 7.05 Å². The minimum Gasteiger partial charge on any atom is -0.350 e. The van der Waals surface area contributed by atoms with Crippen LogP contribution in [0.3, 0.4) is 0 Å². The highest BCUT2D eigenvalue weighted by molar-refractivity contribution is 5.81. The van der Waals surface area contributed by atoms with E-state index in [0.29, 0.717) is 6.54 Å². The standard InChI is InChI=1S/C17H29N3O/c1-6-17(3,4)19-16(21)13(2)20(5)12-15-9-7-8-14(10-15)11-18/h7-10,13H,6,11-12,18H2,1-5H3,(H,19,21). The number of benzene rings is 1. The Hall–Kier alpha value is -1.39. The van der Waals surface area contributed by atoms with E-state index in [0.717, 1.165) is 18.5 Å². The Labute approximate surface area is 128 Å². The summed E-state index contributed by atoms with van der Waals surface area (Å²) in [6.07, 6.45) is 0.910. The van der Waals surface area contributed by atoms with Crippen LogP contribution in [-0.4, -0.2) is 29.4 Å². The van der Waals surface area contributed by atoms with E-state index in [1.165, 1.54) is 5.56 Å². The first-order chi connectivity index (χ1) is 9.79. The van der Waals surface area contributed by atoms with Gasteiger partial charge in [-0.25, -0.2) is 0 Å². The molecule has 1 unspecified atom stereocenters. The first-order valence-corrected chi connectivity index (χ1v) is 7.59. The molecular weight excluding hydrogens is 262 g/mol. The van der Waals surface area contributed by atoms with Crippen LogP contribution in [0.1, 0.15) is 45.2 Å². The molecule has 0 aromatic heterocycles. The number of nitrogens with one attached hydrogen (secondary N) is 1. The average Bonchev–Trinajstić information content (AvgIpc) is 2.46. The Bertz CT molecular complexity index is 471. The maximum atomic E-state index is 12.3. The first-order valence-electron chi connectivity index (χ1n) is 7.59. The van der Waals surface area contributed by atoms with Crippen molar-refractivity contribution in [3.05, 3.63) is 35.4 Å². The second kappa shape index (κ2) is 7.57. The zero-order valence-electron chi connectivity index (χ0n) is 13.9. The van der Waals surface area contributed by atoms with Gasteiger partial charge in [0.05, 0.1) is 6.04 Å². The van der Waals surface area contributed by atoms with E-state index in [1.54, 1.807) is 0 Å². The van der Waals surface area contributed by atoms with Gasteiger partial charge < -0.3 is 11.1 Å². The molecule has 0 heterocycles. The Morgan fingerprint density at radius 1 is 1.38 bits per heavy atom. The molecular formula is C17H29N3O. The number of carbonyl (C=O) groups excluding carboxylic acids is 1. The van der Waals surface area contributed by atoms with E-state index >= 15 is 0 Å². The number of rotatable bonds is 7. The lowest BCUT2D eigenvalue weighted by molar-refractivity contribution is -0.127. The molecule has 1 aromatic carbocycles. The summed E-state index contributed by atoms with van der Waals surface area (Å²) in [5.41, 5.74) is 7.80. The molecule has 0 fully saturated rings. The topological polar surface area (TPSA) is 58.4 Å². The minimum atomic E-state index is -0.169. The molecule has 4 heteroatoms. The zero-order valence-corrected chi connectivity index (χ0v) is 13.9. The van der Waals surface area contributed by atoms with Gasteiger partial charge >= 0.3 is 0 Å². The van der Waals surface area contributed by atoms with Crippen LogP contribution in [0, 0.1) is 0 Å². The molecule has 1 rings (SSSR count). The SMILES string of the molecule is CCC(C)(C)NC(=O)C(C)N(C)Cc1cccc(CN)c1. The highest BCUT2D eigenvalue weighted by atomic mass is 16.2. The quantitative estimate of drug-likeness (QED) is 0.810. The van der Waals surface area contributed by atoms with Crippen LogP contribution in [0.25, 0.3) is 0 Å². The van der Waals surface area contributed by atoms with Gasteiger partial charge in [0.15, 0.2) is 0 Å². The summed E-state index contributed by atoms with van der Waals surface area (Å²) in [7, 11) is 1.97. The van der Waals surface area contributed by atoms with Gasteiger partial charge in [-0.1, -0.05) is 31.2 Å². The Balaban J connectivity index is 2.65. The number of hydrogen-bond donors (Lipinski definition) is 2. The van der Waals surface area contributed by atoms with Crippen LogP contribution < -0.4 is 11.1 Å². The van der Waals surface area contributed by atoms with Crippen molar-refractivity contribution in [2.45, 2.75) is 58.8 Å². The van der Waals surface area contributed by atoms with E-state index in [2.05, 4.69) is 29.3 Å². The monoisotopic (exact) mass is 291 g/mol. The van der Waals surface area contributed by atoms with E-state index in [1.807, 2.05) is 40.0 Å². The zero-order chi connectivity index (χ0) is 16.0. The molecule has 4 nitrogen and oxygen atoms in total. The molecule has 0 radical (unpaired) electrons. The van der Waals surface area contributed by atoms with Crippen LogP contribution >= 0.6 is 0 Å². The molecule has 3 N–H and O–H groups in total. The van der Waals surface area contributed by atoms with Gasteiger partial charge in [0.1, 0.15) is 0 Å².